The summed E-state index contributed by atoms with van der Waals surface area (Å²) < 4.78 is 5.35. The summed E-state index contributed by atoms with van der Waals surface area (Å²) in [5.41, 5.74) is 2.91. The van der Waals surface area contributed by atoms with Crippen molar-refractivity contribution in [2.45, 2.75) is 44.4 Å². The fourth-order valence-electron chi connectivity index (χ4n) is 3.46. The molecule has 2 saturated carbocycles. The molecule has 1 aromatic heterocycles. The SMILES string of the molecule is Cc1noc(C2CC2)c1NC(=O)NCC1CC(c2ccccc2)C1. The molecule has 0 aliphatic heterocycles. The number of nitrogens with one attached hydrogen (secondary N) is 2. The van der Waals surface area contributed by atoms with Crippen LogP contribution in [0.5, 0.6) is 0 Å². The molecule has 24 heavy (non-hydrogen) atoms. The molecular formula is C19H23N3O2. The van der Waals surface area contributed by atoms with E-state index in [9.17, 15) is 4.79 Å². The van der Waals surface area contributed by atoms with E-state index in [4.69, 9.17) is 4.52 Å². The lowest BCUT2D eigenvalue weighted by Gasteiger charge is -2.35. The van der Waals surface area contributed by atoms with Crippen LogP contribution < -0.4 is 10.6 Å². The van der Waals surface area contributed by atoms with E-state index in [-0.39, 0.29) is 6.03 Å². The highest BCUT2D eigenvalue weighted by atomic mass is 16.5. The lowest BCUT2D eigenvalue weighted by Crippen LogP contribution is -2.37. The van der Waals surface area contributed by atoms with E-state index in [2.05, 4.69) is 40.1 Å². The average Bonchev–Trinajstić information content (AvgIpc) is 3.33. The minimum atomic E-state index is -0.161. The summed E-state index contributed by atoms with van der Waals surface area (Å²) >= 11 is 0. The lowest BCUT2D eigenvalue weighted by molar-refractivity contribution is 0.233. The van der Waals surface area contributed by atoms with Gasteiger partial charge in [-0.2, -0.15) is 0 Å². The van der Waals surface area contributed by atoms with Gasteiger partial charge in [0.1, 0.15) is 11.4 Å². The van der Waals surface area contributed by atoms with Gasteiger partial charge in [-0.1, -0.05) is 35.5 Å². The molecule has 5 nitrogen and oxygen atoms in total. The number of hydrogen-bond donors (Lipinski definition) is 2. The largest absolute Gasteiger partial charge is 0.359 e. The van der Waals surface area contributed by atoms with Crippen molar-refractivity contribution < 1.29 is 9.32 Å². The molecule has 2 N–H and O–H groups in total. The number of nitrogens with zero attached hydrogens (tertiary/aromatic N) is 1. The average molecular weight is 325 g/mol. The normalized spacial score (nSPS) is 22.7. The smallest absolute Gasteiger partial charge is 0.319 e. The Morgan fingerprint density at radius 3 is 2.67 bits per heavy atom. The lowest BCUT2D eigenvalue weighted by atomic mass is 9.71. The van der Waals surface area contributed by atoms with Crippen molar-refractivity contribution in [3.8, 4) is 0 Å². The molecule has 0 radical (unpaired) electrons. The molecule has 126 valence electrons. The van der Waals surface area contributed by atoms with Crippen LogP contribution in [0.4, 0.5) is 10.5 Å². The van der Waals surface area contributed by atoms with E-state index in [1.807, 2.05) is 13.0 Å². The Morgan fingerprint density at radius 2 is 1.96 bits per heavy atom. The van der Waals surface area contributed by atoms with Crippen LogP contribution in [0.2, 0.25) is 0 Å². The maximum atomic E-state index is 12.2. The monoisotopic (exact) mass is 325 g/mol. The molecule has 4 rings (SSSR count). The van der Waals surface area contributed by atoms with Crippen LogP contribution in [-0.2, 0) is 0 Å². The van der Waals surface area contributed by atoms with Gasteiger partial charge in [-0.25, -0.2) is 4.79 Å². The number of aromatic nitrogens is 1. The first-order chi connectivity index (χ1) is 11.7. The Morgan fingerprint density at radius 1 is 1.21 bits per heavy atom. The number of aryl methyl sites for hydroxylation is 1. The van der Waals surface area contributed by atoms with Crippen molar-refractivity contribution in [2.24, 2.45) is 5.92 Å². The Kier molecular flexibility index (Phi) is 4.00. The highest BCUT2D eigenvalue weighted by Gasteiger charge is 2.33. The predicted molar refractivity (Wildman–Crippen MR) is 92.1 cm³/mol. The van der Waals surface area contributed by atoms with E-state index in [0.717, 1.165) is 49.4 Å². The second-order valence-electron chi connectivity index (χ2n) is 7.06. The molecule has 2 fully saturated rings. The Bertz CT molecular complexity index is 715. The minimum Gasteiger partial charge on any atom is -0.359 e. The van der Waals surface area contributed by atoms with Gasteiger partial charge in [0, 0.05) is 12.5 Å². The van der Waals surface area contributed by atoms with Gasteiger partial charge < -0.3 is 15.2 Å². The molecule has 2 aliphatic carbocycles. The highest BCUT2D eigenvalue weighted by Crippen LogP contribution is 2.44. The molecule has 2 aliphatic rings. The number of anilines is 1. The van der Waals surface area contributed by atoms with Crippen LogP contribution in [0.3, 0.4) is 0 Å². The van der Waals surface area contributed by atoms with Crippen molar-refractivity contribution in [1.29, 1.82) is 0 Å². The predicted octanol–water partition coefficient (Wildman–Crippen LogP) is 4.18. The van der Waals surface area contributed by atoms with E-state index >= 15 is 0 Å². The topological polar surface area (TPSA) is 67.2 Å². The molecule has 1 aromatic carbocycles. The van der Waals surface area contributed by atoms with Gasteiger partial charge >= 0.3 is 6.03 Å². The minimum absolute atomic E-state index is 0.161. The number of carbonyl (C=O) groups is 1. The van der Waals surface area contributed by atoms with E-state index in [1.54, 1.807) is 0 Å². The van der Waals surface area contributed by atoms with Crippen molar-refractivity contribution in [2.75, 3.05) is 11.9 Å². The number of amides is 2. The summed E-state index contributed by atoms with van der Waals surface area (Å²) in [6, 6.07) is 10.4. The quantitative estimate of drug-likeness (QED) is 0.867. The molecular weight excluding hydrogens is 302 g/mol. The summed E-state index contributed by atoms with van der Waals surface area (Å²) in [7, 11) is 0. The van der Waals surface area contributed by atoms with Crippen LogP contribution in [0.25, 0.3) is 0 Å². The second-order valence-corrected chi connectivity index (χ2v) is 7.06. The van der Waals surface area contributed by atoms with Crippen molar-refractivity contribution in [3.63, 3.8) is 0 Å². The van der Waals surface area contributed by atoms with Crippen LogP contribution in [0.1, 0.15) is 54.5 Å². The van der Waals surface area contributed by atoms with Gasteiger partial charge in [-0.15, -0.1) is 0 Å². The van der Waals surface area contributed by atoms with Gasteiger partial charge in [0.15, 0.2) is 5.76 Å². The maximum Gasteiger partial charge on any atom is 0.319 e. The third-order valence-corrected chi connectivity index (χ3v) is 5.13. The van der Waals surface area contributed by atoms with Crippen molar-refractivity contribution in [3.05, 3.63) is 47.3 Å². The van der Waals surface area contributed by atoms with E-state index < -0.39 is 0 Å². The fourth-order valence-corrected chi connectivity index (χ4v) is 3.46. The third kappa shape index (κ3) is 3.16. The Labute approximate surface area is 141 Å². The van der Waals surface area contributed by atoms with Gasteiger partial charge in [0.25, 0.3) is 0 Å². The van der Waals surface area contributed by atoms with Crippen LogP contribution >= 0.6 is 0 Å². The number of carbonyl (C=O) groups excluding carboxylic acids is 1. The fraction of sp³-hybridized carbons (Fsp3) is 0.474. The summed E-state index contributed by atoms with van der Waals surface area (Å²) in [5.74, 6) is 2.46. The molecule has 0 spiro atoms. The van der Waals surface area contributed by atoms with Gasteiger partial charge in [-0.05, 0) is 50.0 Å². The number of rotatable bonds is 5. The third-order valence-electron chi connectivity index (χ3n) is 5.13. The van der Waals surface area contributed by atoms with E-state index in [0.29, 0.717) is 17.8 Å². The first kappa shape index (κ1) is 15.2. The van der Waals surface area contributed by atoms with Gasteiger partial charge in [0.2, 0.25) is 0 Å². The maximum absolute atomic E-state index is 12.2. The summed E-state index contributed by atoms with van der Waals surface area (Å²) in [4.78, 5) is 12.2. The standard InChI is InChI=1S/C19H23N3O2/c1-12-17(18(24-22-12)15-7-8-15)21-19(23)20-11-13-9-16(10-13)14-5-3-2-4-6-14/h2-6,13,15-16H,7-11H2,1H3,(H2,20,21,23). The molecule has 0 atom stereocenters. The zero-order valence-electron chi connectivity index (χ0n) is 13.9. The highest BCUT2D eigenvalue weighted by molar-refractivity contribution is 5.90. The number of urea groups is 1. The van der Waals surface area contributed by atoms with E-state index in [1.165, 1.54) is 5.56 Å². The zero-order valence-corrected chi connectivity index (χ0v) is 13.9. The van der Waals surface area contributed by atoms with Crippen molar-refractivity contribution in [1.82, 2.24) is 10.5 Å². The zero-order chi connectivity index (χ0) is 16.5. The van der Waals surface area contributed by atoms with Crippen LogP contribution in [0.15, 0.2) is 34.9 Å². The second kappa shape index (κ2) is 6.30. The summed E-state index contributed by atoms with van der Waals surface area (Å²) in [5, 5.41) is 9.89. The molecule has 0 bridgehead atoms. The van der Waals surface area contributed by atoms with Gasteiger partial charge in [0.05, 0.1) is 0 Å². The molecule has 0 unspecified atom stereocenters. The van der Waals surface area contributed by atoms with Crippen LogP contribution in [-0.4, -0.2) is 17.7 Å². The van der Waals surface area contributed by atoms with Gasteiger partial charge in [-0.3, -0.25) is 0 Å². The van der Waals surface area contributed by atoms with Crippen LogP contribution in [0, 0.1) is 12.8 Å². The van der Waals surface area contributed by atoms with Crippen molar-refractivity contribution >= 4 is 11.7 Å². The summed E-state index contributed by atoms with van der Waals surface area (Å²) in [6.07, 6.45) is 4.52. The molecule has 2 aromatic rings. The molecule has 0 saturated heterocycles. The molecule has 1 heterocycles. The first-order valence-corrected chi connectivity index (χ1v) is 8.76. The Hall–Kier alpha value is -2.30. The number of benzene rings is 1. The molecule has 5 heteroatoms. The first-order valence-electron chi connectivity index (χ1n) is 8.76. The summed E-state index contributed by atoms with van der Waals surface area (Å²) in [6.45, 7) is 2.58. The number of hydrogen-bond acceptors (Lipinski definition) is 3. The molecule has 2 amide bonds. The Balaban J connectivity index is 1.24.